The molecule has 1 aliphatic rings. The molecule has 0 aliphatic carbocycles. The molecule has 2 aromatic rings. The number of rotatable bonds is 5. The van der Waals surface area contributed by atoms with Crippen LogP contribution in [-0.4, -0.2) is 37.0 Å². The Hall–Kier alpha value is -2.82. The Morgan fingerprint density at radius 1 is 1.07 bits per heavy atom. The highest BCUT2D eigenvalue weighted by Crippen LogP contribution is 2.37. The minimum absolute atomic E-state index is 0.0412. The first kappa shape index (κ1) is 19.9. The molecule has 28 heavy (non-hydrogen) atoms. The highest BCUT2D eigenvalue weighted by molar-refractivity contribution is 5.84. The standard InChI is InChI=1S/C23H27NO4/c1-17-9-10-21(27-3)19(15-17)16-28-22(26)23(20-7-5-4-6-8-20)11-13-24(14-12-23)18(2)25/h4-10,15H,11-14,16H2,1-3H3. The molecule has 1 heterocycles. The molecule has 0 atom stereocenters. The number of piperidine rings is 1. The smallest absolute Gasteiger partial charge is 0.317 e. The van der Waals surface area contributed by atoms with Gasteiger partial charge >= 0.3 is 5.97 Å². The van der Waals surface area contributed by atoms with Gasteiger partial charge in [-0.1, -0.05) is 42.0 Å². The Morgan fingerprint density at radius 3 is 2.36 bits per heavy atom. The Morgan fingerprint density at radius 2 is 1.75 bits per heavy atom. The fraction of sp³-hybridized carbons (Fsp3) is 0.391. The van der Waals surface area contributed by atoms with Gasteiger partial charge in [0, 0.05) is 25.6 Å². The summed E-state index contributed by atoms with van der Waals surface area (Å²) in [6.45, 7) is 4.82. The maximum Gasteiger partial charge on any atom is 0.317 e. The number of aryl methyl sites for hydroxylation is 1. The van der Waals surface area contributed by atoms with Crippen LogP contribution in [0.2, 0.25) is 0 Å². The predicted octanol–water partition coefficient (Wildman–Crippen LogP) is 3.63. The van der Waals surface area contributed by atoms with Crippen molar-refractivity contribution in [3.05, 3.63) is 65.2 Å². The van der Waals surface area contributed by atoms with Crippen LogP contribution in [-0.2, 0) is 26.3 Å². The van der Waals surface area contributed by atoms with Gasteiger partial charge in [0.25, 0.3) is 0 Å². The third-order valence-corrected chi connectivity index (χ3v) is 5.57. The van der Waals surface area contributed by atoms with E-state index in [-0.39, 0.29) is 18.5 Å². The Kier molecular flexibility index (Phi) is 6.02. The molecule has 1 saturated heterocycles. The van der Waals surface area contributed by atoms with E-state index in [1.807, 2.05) is 55.5 Å². The van der Waals surface area contributed by atoms with E-state index in [2.05, 4.69) is 0 Å². The molecule has 1 amide bonds. The Labute approximate surface area is 166 Å². The second-order valence-electron chi connectivity index (χ2n) is 7.35. The number of nitrogens with zero attached hydrogens (tertiary/aromatic N) is 1. The molecule has 5 nitrogen and oxygen atoms in total. The molecule has 148 valence electrons. The Bertz CT molecular complexity index is 839. The fourth-order valence-electron chi connectivity index (χ4n) is 3.87. The second-order valence-corrected chi connectivity index (χ2v) is 7.35. The predicted molar refractivity (Wildman–Crippen MR) is 107 cm³/mol. The topological polar surface area (TPSA) is 55.8 Å². The lowest BCUT2D eigenvalue weighted by Crippen LogP contribution is -2.49. The van der Waals surface area contributed by atoms with E-state index in [4.69, 9.17) is 9.47 Å². The average Bonchev–Trinajstić information content (AvgIpc) is 2.72. The van der Waals surface area contributed by atoms with Crippen LogP contribution in [0.5, 0.6) is 5.75 Å². The lowest BCUT2D eigenvalue weighted by atomic mass is 9.72. The van der Waals surface area contributed by atoms with Crippen LogP contribution in [0.3, 0.4) is 0 Å². The van der Waals surface area contributed by atoms with Crippen molar-refractivity contribution in [2.24, 2.45) is 0 Å². The molecule has 5 heteroatoms. The van der Waals surface area contributed by atoms with Gasteiger partial charge in [0.15, 0.2) is 0 Å². The van der Waals surface area contributed by atoms with E-state index in [1.165, 1.54) is 0 Å². The van der Waals surface area contributed by atoms with Crippen molar-refractivity contribution in [3.8, 4) is 5.75 Å². The van der Waals surface area contributed by atoms with Gasteiger partial charge in [-0.15, -0.1) is 0 Å². The van der Waals surface area contributed by atoms with Crippen LogP contribution in [0.1, 0.15) is 36.5 Å². The third-order valence-electron chi connectivity index (χ3n) is 5.57. The van der Waals surface area contributed by atoms with Gasteiger partial charge in [0.05, 0.1) is 12.5 Å². The molecule has 0 spiro atoms. The van der Waals surface area contributed by atoms with E-state index in [9.17, 15) is 9.59 Å². The van der Waals surface area contributed by atoms with Gasteiger partial charge < -0.3 is 14.4 Å². The number of methoxy groups -OCH3 is 1. The number of benzene rings is 2. The van der Waals surface area contributed by atoms with Gasteiger partial charge in [-0.25, -0.2) is 0 Å². The lowest BCUT2D eigenvalue weighted by Gasteiger charge is -2.40. The second kappa shape index (κ2) is 8.46. The van der Waals surface area contributed by atoms with Crippen LogP contribution in [0.15, 0.2) is 48.5 Å². The molecule has 0 unspecified atom stereocenters. The molecule has 2 aromatic carbocycles. The molecule has 0 bridgehead atoms. The van der Waals surface area contributed by atoms with Gasteiger partial charge in [-0.2, -0.15) is 0 Å². The first-order valence-corrected chi connectivity index (χ1v) is 9.58. The highest BCUT2D eigenvalue weighted by Gasteiger charge is 2.44. The SMILES string of the molecule is COc1ccc(C)cc1COC(=O)C1(c2ccccc2)CCN(C(C)=O)CC1. The van der Waals surface area contributed by atoms with E-state index < -0.39 is 5.41 Å². The van der Waals surface area contributed by atoms with Crippen molar-refractivity contribution in [1.82, 2.24) is 4.90 Å². The minimum Gasteiger partial charge on any atom is -0.496 e. The zero-order chi connectivity index (χ0) is 20.1. The summed E-state index contributed by atoms with van der Waals surface area (Å²) < 4.78 is 11.2. The largest absolute Gasteiger partial charge is 0.496 e. The monoisotopic (exact) mass is 381 g/mol. The van der Waals surface area contributed by atoms with Crippen molar-refractivity contribution >= 4 is 11.9 Å². The molecule has 0 radical (unpaired) electrons. The van der Waals surface area contributed by atoms with E-state index in [0.29, 0.717) is 31.7 Å². The summed E-state index contributed by atoms with van der Waals surface area (Å²) in [6.07, 6.45) is 1.11. The number of likely N-dealkylation sites (tertiary alicyclic amines) is 1. The molecule has 0 N–H and O–H groups in total. The van der Waals surface area contributed by atoms with Crippen molar-refractivity contribution in [1.29, 1.82) is 0 Å². The number of ether oxygens (including phenoxy) is 2. The molecule has 0 saturated carbocycles. The normalized spacial score (nSPS) is 15.8. The summed E-state index contributed by atoms with van der Waals surface area (Å²) in [5.41, 5.74) is 2.14. The molecule has 1 fully saturated rings. The molecular formula is C23H27NO4. The fourth-order valence-corrected chi connectivity index (χ4v) is 3.87. The zero-order valence-corrected chi connectivity index (χ0v) is 16.7. The van der Waals surface area contributed by atoms with Crippen molar-refractivity contribution in [2.75, 3.05) is 20.2 Å². The minimum atomic E-state index is -0.732. The quantitative estimate of drug-likeness (QED) is 0.742. The summed E-state index contributed by atoms with van der Waals surface area (Å²) >= 11 is 0. The van der Waals surface area contributed by atoms with Crippen LogP contribution in [0.25, 0.3) is 0 Å². The summed E-state index contributed by atoms with van der Waals surface area (Å²) in [6, 6.07) is 15.6. The Balaban J connectivity index is 1.82. The number of carbonyl (C=O) groups excluding carboxylic acids is 2. The number of hydrogen-bond donors (Lipinski definition) is 0. The molecular weight excluding hydrogens is 354 g/mol. The van der Waals surface area contributed by atoms with E-state index in [0.717, 1.165) is 16.7 Å². The van der Waals surface area contributed by atoms with E-state index in [1.54, 1.807) is 18.9 Å². The van der Waals surface area contributed by atoms with E-state index >= 15 is 0 Å². The van der Waals surface area contributed by atoms with Gasteiger partial charge in [-0.3, -0.25) is 9.59 Å². The number of esters is 1. The number of carbonyl (C=O) groups is 2. The van der Waals surface area contributed by atoms with Crippen molar-refractivity contribution in [2.45, 2.75) is 38.7 Å². The van der Waals surface area contributed by atoms with Gasteiger partial charge in [-0.05, 0) is 37.5 Å². The number of amides is 1. The lowest BCUT2D eigenvalue weighted by molar-refractivity contribution is -0.155. The molecule has 3 rings (SSSR count). The summed E-state index contributed by atoms with van der Waals surface area (Å²) in [5.74, 6) is 0.503. The van der Waals surface area contributed by atoms with Crippen LogP contribution in [0.4, 0.5) is 0 Å². The van der Waals surface area contributed by atoms with Crippen molar-refractivity contribution in [3.63, 3.8) is 0 Å². The maximum absolute atomic E-state index is 13.3. The maximum atomic E-state index is 13.3. The number of hydrogen-bond acceptors (Lipinski definition) is 4. The zero-order valence-electron chi connectivity index (χ0n) is 16.7. The highest BCUT2D eigenvalue weighted by atomic mass is 16.5. The molecule has 1 aliphatic heterocycles. The van der Waals surface area contributed by atoms with Crippen LogP contribution < -0.4 is 4.74 Å². The van der Waals surface area contributed by atoms with Gasteiger partial charge in [0.2, 0.25) is 5.91 Å². The summed E-state index contributed by atoms with van der Waals surface area (Å²) in [4.78, 5) is 26.8. The first-order valence-electron chi connectivity index (χ1n) is 9.58. The van der Waals surface area contributed by atoms with Crippen molar-refractivity contribution < 1.29 is 19.1 Å². The summed E-state index contributed by atoms with van der Waals surface area (Å²) in [5, 5.41) is 0. The van der Waals surface area contributed by atoms with Crippen LogP contribution in [0, 0.1) is 6.92 Å². The third kappa shape index (κ3) is 4.03. The van der Waals surface area contributed by atoms with Gasteiger partial charge in [0.1, 0.15) is 12.4 Å². The molecule has 0 aromatic heterocycles. The first-order chi connectivity index (χ1) is 13.5. The van der Waals surface area contributed by atoms with Crippen LogP contribution >= 0.6 is 0 Å². The average molecular weight is 381 g/mol. The summed E-state index contributed by atoms with van der Waals surface area (Å²) in [7, 11) is 1.61.